The first-order chi connectivity index (χ1) is 7.25. The van der Waals surface area contributed by atoms with Gasteiger partial charge in [0.25, 0.3) is 0 Å². The molecule has 1 aromatic rings. The molecule has 3 nitrogen and oxygen atoms in total. The number of nitrogens with two attached hydrogens (primary N) is 1. The van der Waals surface area contributed by atoms with E-state index in [-0.39, 0.29) is 12.1 Å². The lowest BCUT2D eigenvalue weighted by atomic mass is 10.2. The zero-order chi connectivity index (χ0) is 10.7. The van der Waals surface area contributed by atoms with Crippen molar-refractivity contribution in [3.63, 3.8) is 0 Å². The number of benzene rings is 1. The molecular weight excluding hydrogens is 190 g/mol. The average molecular weight is 207 g/mol. The third-order valence-corrected chi connectivity index (χ3v) is 2.86. The van der Waals surface area contributed by atoms with Crippen molar-refractivity contribution in [3.8, 4) is 0 Å². The molecule has 0 aromatic heterocycles. The first kappa shape index (κ1) is 10.6. The molecule has 0 aliphatic heterocycles. The molecule has 1 aliphatic rings. The molecule has 0 heterocycles. The van der Waals surface area contributed by atoms with Crippen molar-refractivity contribution in [2.24, 2.45) is 5.73 Å². The van der Waals surface area contributed by atoms with E-state index in [4.69, 9.17) is 10.5 Å². The Kier molecular flexibility index (Phi) is 3.36. The second-order valence-corrected chi connectivity index (χ2v) is 4.12. The number of ether oxygens (including phenoxy) is 1. The molecule has 3 atom stereocenters. The van der Waals surface area contributed by atoms with Crippen molar-refractivity contribution < 1.29 is 9.84 Å². The molecule has 3 heteroatoms. The molecule has 1 saturated carbocycles. The lowest BCUT2D eigenvalue weighted by molar-refractivity contribution is 0.0357. The van der Waals surface area contributed by atoms with E-state index in [0.29, 0.717) is 13.0 Å². The van der Waals surface area contributed by atoms with E-state index >= 15 is 0 Å². The van der Waals surface area contributed by atoms with Crippen LogP contribution < -0.4 is 5.73 Å². The Hall–Kier alpha value is -0.900. The highest BCUT2D eigenvalue weighted by Gasteiger charge is 2.30. The van der Waals surface area contributed by atoms with Gasteiger partial charge in [0.2, 0.25) is 0 Å². The first-order valence-electron chi connectivity index (χ1n) is 5.35. The van der Waals surface area contributed by atoms with E-state index in [1.54, 1.807) is 0 Å². The molecule has 0 unspecified atom stereocenters. The Morgan fingerprint density at radius 1 is 1.27 bits per heavy atom. The van der Waals surface area contributed by atoms with Gasteiger partial charge in [-0.25, -0.2) is 0 Å². The van der Waals surface area contributed by atoms with Crippen LogP contribution in [-0.2, 0) is 11.3 Å². The number of rotatable bonds is 3. The molecule has 2 rings (SSSR count). The van der Waals surface area contributed by atoms with Gasteiger partial charge >= 0.3 is 0 Å². The predicted molar refractivity (Wildman–Crippen MR) is 58.2 cm³/mol. The minimum absolute atomic E-state index is 0.107. The Bertz CT molecular complexity index is 292. The first-order valence-corrected chi connectivity index (χ1v) is 5.35. The lowest BCUT2D eigenvalue weighted by Crippen LogP contribution is -2.28. The van der Waals surface area contributed by atoms with Crippen molar-refractivity contribution in [1.29, 1.82) is 0 Å². The monoisotopic (exact) mass is 207 g/mol. The van der Waals surface area contributed by atoms with Crippen LogP contribution in [0.5, 0.6) is 0 Å². The van der Waals surface area contributed by atoms with Crippen LogP contribution in [0.2, 0.25) is 0 Å². The topological polar surface area (TPSA) is 55.5 Å². The normalized spacial score (nSPS) is 30.7. The van der Waals surface area contributed by atoms with Gasteiger partial charge in [-0.15, -0.1) is 0 Å². The van der Waals surface area contributed by atoms with E-state index in [0.717, 1.165) is 12.0 Å². The Labute approximate surface area is 89.9 Å². The van der Waals surface area contributed by atoms with Crippen molar-refractivity contribution in [2.45, 2.75) is 37.7 Å². The van der Waals surface area contributed by atoms with Crippen molar-refractivity contribution >= 4 is 0 Å². The molecule has 15 heavy (non-hydrogen) atoms. The number of aliphatic hydroxyl groups excluding tert-OH is 1. The summed E-state index contributed by atoms with van der Waals surface area (Å²) in [6.07, 6.45) is 1.13. The SMILES string of the molecule is N[C@H]1C[C@H](OCc2ccccc2)C[C@H]1O. The van der Waals surface area contributed by atoms with Gasteiger partial charge in [-0.1, -0.05) is 30.3 Å². The summed E-state index contributed by atoms with van der Waals surface area (Å²) in [5, 5.41) is 9.46. The van der Waals surface area contributed by atoms with Gasteiger partial charge in [0, 0.05) is 12.5 Å². The summed E-state index contributed by atoms with van der Waals surface area (Å²) in [5.41, 5.74) is 6.87. The highest BCUT2D eigenvalue weighted by Crippen LogP contribution is 2.22. The van der Waals surface area contributed by atoms with E-state index in [9.17, 15) is 5.11 Å². The molecule has 0 saturated heterocycles. The standard InChI is InChI=1S/C12H17NO2/c13-11-6-10(7-12(11)14)15-8-9-4-2-1-3-5-9/h1-5,10-12,14H,6-8,13H2/t10-,11-,12+/m0/s1. The van der Waals surface area contributed by atoms with Gasteiger partial charge < -0.3 is 15.6 Å². The Morgan fingerprint density at radius 3 is 2.60 bits per heavy atom. The molecule has 1 aliphatic carbocycles. The molecule has 0 spiro atoms. The maximum absolute atomic E-state index is 9.46. The van der Waals surface area contributed by atoms with E-state index in [2.05, 4.69) is 0 Å². The molecule has 82 valence electrons. The molecule has 1 fully saturated rings. The van der Waals surface area contributed by atoms with Crippen LogP contribution in [-0.4, -0.2) is 23.4 Å². The zero-order valence-electron chi connectivity index (χ0n) is 8.67. The van der Waals surface area contributed by atoms with Crippen LogP contribution in [0.15, 0.2) is 30.3 Å². The molecular formula is C12H17NO2. The van der Waals surface area contributed by atoms with E-state index in [1.165, 1.54) is 0 Å². The summed E-state index contributed by atoms with van der Waals surface area (Å²) in [5.74, 6) is 0. The fraction of sp³-hybridized carbons (Fsp3) is 0.500. The highest BCUT2D eigenvalue weighted by atomic mass is 16.5. The van der Waals surface area contributed by atoms with E-state index < -0.39 is 6.10 Å². The third-order valence-electron chi connectivity index (χ3n) is 2.86. The maximum Gasteiger partial charge on any atom is 0.0720 e. The Balaban J connectivity index is 1.80. The van der Waals surface area contributed by atoms with Gasteiger partial charge in [0.05, 0.1) is 18.8 Å². The van der Waals surface area contributed by atoms with Crippen LogP contribution >= 0.6 is 0 Å². The van der Waals surface area contributed by atoms with Crippen LogP contribution in [0.4, 0.5) is 0 Å². The summed E-state index contributed by atoms with van der Waals surface area (Å²) in [7, 11) is 0. The van der Waals surface area contributed by atoms with Crippen LogP contribution in [0.1, 0.15) is 18.4 Å². The lowest BCUT2D eigenvalue weighted by Gasteiger charge is -2.10. The highest BCUT2D eigenvalue weighted by molar-refractivity contribution is 5.13. The van der Waals surface area contributed by atoms with Gasteiger partial charge in [-0.05, 0) is 12.0 Å². The quantitative estimate of drug-likeness (QED) is 0.779. The van der Waals surface area contributed by atoms with Gasteiger partial charge in [0.15, 0.2) is 0 Å². The summed E-state index contributed by atoms with van der Waals surface area (Å²) in [4.78, 5) is 0. The maximum atomic E-state index is 9.46. The summed E-state index contributed by atoms with van der Waals surface area (Å²) < 4.78 is 5.69. The summed E-state index contributed by atoms with van der Waals surface area (Å²) in [6, 6.07) is 9.92. The predicted octanol–water partition coefficient (Wildman–Crippen LogP) is 1.05. The number of hydrogen-bond donors (Lipinski definition) is 2. The van der Waals surface area contributed by atoms with Crippen molar-refractivity contribution in [1.82, 2.24) is 0 Å². The largest absolute Gasteiger partial charge is 0.391 e. The minimum Gasteiger partial charge on any atom is -0.391 e. The number of hydrogen-bond acceptors (Lipinski definition) is 3. The summed E-state index contributed by atoms with van der Waals surface area (Å²) in [6.45, 7) is 0.602. The number of aliphatic hydroxyl groups is 1. The second-order valence-electron chi connectivity index (χ2n) is 4.12. The molecule has 0 bridgehead atoms. The average Bonchev–Trinajstić information content (AvgIpc) is 2.57. The zero-order valence-corrected chi connectivity index (χ0v) is 8.67. The van der Waals surface area contributed by atoms with Crippen LogP contribution in [0.25, 0.3) is 0 Å². The fourth-order valence-electron chi connectivity index (χ4n) is 1.93. The van der Waals surface area contributed by atoms with Crippen LogP contribution in [0, 0.1) is 0 Å². The molecule has 1 aromatic carbocycles. The summed E-state index contributed by atoms with van der Waals surface area (Å²) >= 11 is 0. The van der Waals surface area contributed by atoms with E-state index in [1.807, 2.05) is 30.3 Å². The Morgan fingerprint density at radius 2 is 2.00 bits per heavy atom. The molecule has 0 amide bonds. The fourth-order valence-corrected chi connectivity index (χ4v) is 1.93. The van der Waals surface area contributed by atoms with Crippen molar-refractivity contribution in [3.05, 3.63) is 35.9 Å². The van der Waals surface area contributed by atoms with Crippen LogP contribution in [0.3, 0.4) is 0 Å². The second kappa shape index (κ2) is 4.75. The smallest absolute Gasteiger partial charge is 0.0720 e. The van der Waals surface area contributed by atoms with Gasteiger partial charge in [-0.2, -0.15) is 0 Å². The minimum atomic E-state index is -0.397. The third kappa shape index (κ3) is 2.78. The van der Waals surface area contributed by atoms with Gasteiger partial charge in [0.1, 0.15) is 0 Å². The van der Waals surface area contributed by atoms with Gasteiger partial charge in [-0.3, -0.25) is 0 Å². The van der Waals surface area contributed by atoms with Crippen molar-refractivity contribution in [2.75, 3.05) is 0 Å². The molecule has 3 N–H and O–H groups in total. The molecule has 0 radical (unpaired) electrons.